The maximum atomic E-state index is 12.6. The lowest BCUT2D eigenvalue weighted by Gasteiger charge is -2.34. The molecule has 2 heterocycles. The molecule has 1 aromatic heterocycles. The predicted octanol–water partition coefficient (Wildman–Crippen LogP) is 3.13. The van der Waals surface area contributed by atoms with Crippen molar-refractivity contribution in [2.45, 2.75) is 12.2 Å². The fraction of sp³-hybridized carbons (Fsp3) is 0.421. The number of rotatable bonds is 6. The van der Waals surface area contributed by atoms with Gasteiger partial charge in [0, 0.05) is 31.1 Å². The number of alkyl halides is 3. The minimum atomic E-state index is -4.18. The number of hydrogen-bond acceptors (Lipinski definition) is 4. The van der Waals surface area contributed by atoms with E-state index in [1.807, 2.05) is 52.7 Å². The minimum Gasteiger partial charge on any atom is -0.343 e. The van der Waals surface area contributed by atoms with Crippen LogP contribution < -0.4 is 5.32 Å². The number of piperazine rings is 1. The van der Waals surface area contributed by atoms with Crippen LogP contribution in [0.25, 0.3) is 0 Å². The van der Waals surface area contributed by atoms with Crippen molar-refractivity contribution in [2.75, 3.05) is 39.3 Å². The van der Waals surface area contributed by atoms with Gasteiger partial charge < -0.3 is 5.32 Å². The Kier molecular flexibility index (Phi) is 6.51. The molecular weight excluding hydrogens is 375 g/mol. The van der Waals surface area contributed by atoms with Crippen LogP contribution in [0.4, 0.5) is 13.2 Å². The van der Waals surface area contributed by atoms with Crippen molar-refractivity contribution >= 4 is 17.2 Å². The SMILES string of the molecule is O=C(CN1CCN(CC(F)(F)F)CC1)N[C@@H](c1ccccc1)c1cccs1. The normalized spacial score (nSPS) is 17.6. The van der Waals surface area contributed by atoms with Gasteiger partial charge in [-0.25, -0.2) is 0 Å². The average Bonchev–Trinajstić information content (AvgIpc) is 3.15. The van der Waals surface area contributed by atoms with Gasteiger partial charge in [-0.3, -0.25) is 14.6 Å². The summed E-state index contributed by atoms with van der Waals surface area (Å²) in [6.07, 6.45) is -4.18. The van der Waals surface area contributed by atoms with E-state index in [1.165, 1.54) is 4.90 Å². The van der Waals surface area contributed by atoms with Crippen molar-refractivity contribution in [1.82, 2.24) is 15.1 Å². The summed E-state index contributed by atoms with van der Waals surface area (Å²) in [7, 11) is 0. The van der Waals surface area contributed by atoms with Crippen molar-refractivity contribution in [2.24, 2.45) is 0 Å². The molecule has 2 aromatic rings. The van der Waals surface area contributed by atoms with E-state index >= 15 is 0 Å². The van der Waals surface area contributed by atoms with E-state index in [2.05, 4.69) is 5.32 Å². The molecule has 1 atom stereocenters. The molecule has 1 N–H and O–H groups in total. The number of benzene rings is 1. The van der Waals surface area contributed by atoms with E-state index < -0.39 is 12.7 Å². The van der Waals surface area contributed by atoms with E-state index in [1.54, 1.807) is 11.3 Å². The molecule has 1 fully saturated rings. The Morgan fingerprint density at radius 1 is 1.04 bits per heavy atom. The highest BCUT2D eigenvalue weighted by atomic mass is 32.1. The zero-order valence-corrected chi connectivity index (χ0v) is 15.6. The van der Waals surface area contributed by atoms with Gasteiger partial charge in [0.25, 0.3) is 0 Å². The topological polar surface area (TPSA) is 35.6 Å². The van der Waals surface area contributed by atoms with E-state index in [4.69, 9.17) is 0 Å². The molecule has 0 saturated carbocycles. The van der Waals surface area contributed by atoms with Crippen LogP contribution in [0, 0.1) is 0 Å². The Morgan fingerprint density at radius 2 is 1.70 bits per heavy atom. The predicted molar refractivity (Wildman–Crippen MR) is 99.7 cm³/mol. The molecule has 3 rings (SSSR count). The van der Waals surface area contributed by atoms with Gasteiger partial charge in [0.05, 0.1) is 19.1 Å². The second-order valence-electron chi connectivity index (χ2n) is 6.59. The zero-order valence-electron chi connectivity index (χ0n) is 14.8. The quantitative estimate of drug-likeness (QED) is 0.814. The Hall–Kier alpha value is -1.90. The van der Waals surface area contributed by atoms with Crippen LogP contribution in [0.5, 0.6) is 0 Å². The zero-order chi connectivity index (χ0) is 19.3. The van der Waals surface area contributed by atoms with E-state index in [9.17, 15) is 18.0 Å². The molecule has 4 nitrogen and oxygen atoms in total. The number of amides is 1. The number of halogens is 3. The standard InChI is InChI=1S/C19H22F3N3OS/c20-19(21,22)14-25-10-8-24(9-11-25)13-17(26)23-18(16-7-4-12-27-16)15-5-2-1-3-6-15/h1-7,12,18H,8-11,13-14H2,(H,23,26)/t18-/m0/s1. The third kappa shape index (κ3) is 6.05. The van der Waals surface area contributed by atoms with Crippen molar-refractivity contribution in [3.63, 3.8) is 0 Å². The maximum absolute atomic E-state index is 12.6. The highest BCUT2D eigenvalue weighted by molar-refractivity contribution is 7.10. The first kappa shape index (κ1) is 19.9. The van der Waals surface area contributed by atoms with E-state index in [0.29, 0.717) is 26.2 Å². The van der Waals surface area contributed by atoms with Crippen LogP contribution in [0.2, 0.25) is 0 Å². The molecule has 146 valence electrons. The Morgan fingerprint density at radius 3 is 2.30 bits per heavy atom. The van der Waals surface area contributed by atoms with Crippen molar-refractivity contribution in [3.05, 3.63) is 58.3 Å². The molecule has 1 aliphatic rings. The van der Waals surface area contributed by atoms with Crippen molar-refractivity contribution in [1.29, 1.82) is 0 Å². The van der Waals surface area contributed by atoms with Crippen LogP contribution in [0.1, 0.15) is 16.5 Å². The summed E-state index contributed by atoms with van der Waals surface area (Å²) in [5.74, 6) is -0.124. The summed E-state index contributed by atoms with van der Waals surface area (Å²) in [5.41, 5.74) is 1.00. The van der Waals surface area contributed by atoms with Gasteiger partial charge in [0.1, 0.15) is 0 Å². The molecule has 1 amide bonds. The van der Waals surface area contributed by atoms with Gasteiger partial charge in [-0.1, -0.05) is 36.4 Å². The summed E-state index contributed by atoms with van der Waals surface area (Å²) < 4.78 is 37.4. The minimum absolute atomic E-state index is 0.124. The number of hydrogen-bond donors (Lipinski definition) is 1. The third-order valence-electron chi connectivity index (χ3n) is 4.50. The monoisotopic (exact) mass is 397 g/mol. The van der Waals surface area contributed by atoms with Crippen LogP contribution in [-0.2, 0) is 4.79 Å². The number of nitrogens with zero attached hydrogens (tertiary/aromatic N) is 2. The molecule has 0 spiro atoms. The highest BCUT2D eigenvalue weighted by Gasteiger charge is 2.32. The van der Waals surface area contributed by atoms with E-state index in [-0.39, 0.29) is 18.5 Å². The number of nitrogens with one attached hydrogen (secondary N) is 1. The van der Waals surface area contributed by atoms with Crippen LogP contribution in [0.15, 0.2) is 47.8 Å². The number of carbonyl (C=O) groups is 1. The second kappa shape index (κ2) is 8.86. The Balaban J connectivity index is 1.55. The summed E-state index contributed by atoms with van der Waals surface area (Å²) >= 11 is 1.58. The first-order valence-corrected chi connectivity index (χ1v) is 9.68. The van der Waals surface area contributed by atoms with Gasteiger partial charge >= 0.3 is 6.18 Å². The maximum Gasteiger partial charge on any atom is 0.401 e. The molecule has 8 heteroatoms. The average molecular weight is 397 g/mol. The van der Waals surface area contributed by atoms with Crippen LogP contribution in [-0.4, -0.2) is 61.2 Å². The summed E-state index contributed by atoms with van der Waals surface area (Å²) in [6, 6.07) is 13.5. The molecule has 0 aliphatic carbocycles. The van der Waals surface area contributed by atoms with Gasteiger partial charge in [-0.05, 0) is 17.0 Å². The van der Waals surface area contributed by atoms with Gasteiger partial charge in [0.15, 0.2) is 0 Å². The van der Waals surface area contributed by atoms with Gasteiger partial charge in [0.2, 0.25) is 5.91 Å². The Labute approximate surface area is 160 Å². The van der Waals surface area contributed by atoms with E-state index in [0.717, 1.165) is 10.4 Å². The third-order valence-corrected chi connectivity index (χ3v) is 5.44. The lowest BCUT2D eigenvalue weighted by molar-refractivity contribution is -0.150. The highest BCUT2D eigenvalue weighted by Crippen LogP contribution is 2.26. The number of carbonyl (C=O) groups excluding carboxylic acids is 1. The first-order chi connectivity index (χ1) is 12.9. The van der Waals surface area contributed by atoms with Crippen LogP contribution in [0.3, 0.4) is 0 Å². The molecule has 27 heavy (non-hydrogen) atoms. The second-order valence-corrected chi connectivity index (χ2v) is 7.57. The summed E-state index contributed by atoms with van der Waals surface area (Å²) in [6.45, 7) is 0.854. The molecular formula is C19H22F3N3OS. The largest absolute Gasteiger partial charge is 0.401 e. The summed E-state index contributed by atoms with van der Waals surface area (Å²) in [4.78, 5) is 16.9. The fourth-order valence-electron chi connectivity index (χ4n) is 3.19. The molecule has 1 aromatic carbocycles. The molecule has 1 aliphatic heterocycles. The number of thiophene rings is 1. The van der Waals surface area contributed by atoms with Gasteiger partial charge in [-0.2, -0.15) is 13.2 Å². The fourth-order valence-corrected chi connectivity index (χ4v) is 3.99. The summed E-state index contributed by atoms with van der Waals surface area (Å²) in [5, 5.41) is 5.04. The molecule has 0 bridgehead atoms. The van der Waals surface area contributed by atoms with Crippen molar-refractivity contribution < 1.29 is 18.0 Å². The first-order valence-electron chi connectivity index (χ1n) is 8.80. The molecule has 1 saturated heterocycles. The van der Waals surface area contributed by atoms with Crippen LogP contribution >= 0.6 is 11.3 Å². The smallest absolute Gasteiger partial charge is 0.343 e. The lowest BCUT2D eigenvalue weighted by atomic mass is 10.1. The van der Waals surface area contributed by atoms with Gasteiger partial charge in [-0.15, -0.1) is 11.3 Å². The lowest BCUT2D eigenvalue weighted by Crippen LogP contribution is -2.51. The Bertz CT molecular complexity index is 714. The molecule has 0 unspecified atom stereocenters. The van der Waals surface area contributed by atoms with Crippen molar-refractivity contribution in [3.8, 4) is 0 Å². The molecule has 0 radical (unpaired) electrons.